The van der Waals surface area contributed by atoms with E-state index in [0.29, 0.717) is 5.52 Å². The number of hydrogen-bond acceptors (Lipinski definition) is 4. The first-order valence-electron chi connectivity index (χ1n) is 5.58. The molecule has 0 aliphatic rings. The first kappa shape index (κ1) is 13.3. The number of nitrogens with zero attached hydrogens (tertiary/aromatic N) is 3. The molecule has 98 valence electrons. The lowest BCUT2D eigenvalue weighted by Gasteiger charge is -2.02. The third-order valence-electron chi connectivity index (χ3n) is 2.61. The summed E-state index contributed by atoms with van der Waals surface area (Å²) in [4.78, 5) is 3.96. The average molecular weight is 288 g/mol. The molecule has 0 aliphatic heterocycles. The van der Waals surface area contributed by atoms with Crippen LogP contribution >= 0.6 is 11.6 Å². The smallest absolute Gasteiger partial charge is 0.198 e. The number of alkyl halides is 1. The SMILES string of the molecule is CC(C)c1cc2c(S(=O)(=O)CCCl)nccn2n1. The molecule has 0 aliphatic carbocycles. The quantitative estimate of drug-likeness (QED) is 0.805. The second-order valence-corrected chi connectivity index (χ2v) is 6.70. The van der Waals surface area contributed by atoms with Gasteiger partial charge in [-0.2, -0.15) is 5.10 Å². The molecule has 7 heteroatoms. The average Bonchev–Trinajstić information content (AvgIpc) is 2.71. The lowest BCUT2D eigenvalue weighted by atomic mass is 10.1. The van der Waals surface area contributed by atoms with Gasteiger partial charge < -0.3 is 0 Å². The summed E-state index contributed by atoms with van der Waals surface area (Å²) in [6, 6.07) is 1.76. The molecule has 0 saturated heterocycles. The molecular formula is C11H14ClN3O2S. The number of hydrogen-bond donors (Lipinski definition) is 0. The Morgan fingerprint density at radius 2 is 2.17 bits per heavy atom. The maximum absolute atomic E-state index is 12.0. The topological polar surface area (TPSA) is 64.3 Å². The van der Waals surface area contributed by atoms with Gasteiger partial charge in [-0.25, -0.2) is 17.9 Å². The summed E-state index contributed by atoms with van der Waals surface area (Å²) >= 11 is 5.51. The highest BCUT2D eigenvalue weighted by molar-refractivity contribution is 7.91. The van der Waals surface area contributed by atoms with E-state index >= 15 is 0 Å². The minimum atomic E-state index is -3.45. The Kier molecular flexibility index (Phi) is 3.59. The van der Waals surface area contributed by atoms with Gasteiger partial charge in [0.15, 0.2) is 14.9 Å². The maximum Gasteiger partial charge on any atom is 0.198 e. The summed E-state index contributed by atoms with van der Waals surface area (Å²) < 4.78 is 25.6. The first-order chi connectivity index (χ1) is 8.45. The van der Waals surface area contributed by atoms with Crippen LogP contribution in [-0.4, -0.2) is 34.6 Å². The van der Waals surface area contributed by atoms with Crippen LogP contribution in [0.3, 0.4) is 0 Å². The molecule has 2 heterocycles. The molecule has 2 aromatic heterocycles. The third-order valence-corrected chi connectivity index (χ3v) is 4.66. The van der Waals surface area contributed by atoms with Crippen LogP contribution in [0.2, 0.25) is 0 Å². The molecule has 0 amide bonds. The van der Waals surface area contributed by atoms with Crippen molar-refractivity contribution in [3.8, 4) is 0 Å². The summed E-state index contributed by atoms with van der Waals surface area (Å²) in [6.07, 6.45) is 3.08. The van der Waals surface area contributed by atoms with E-state index in [-0.39, 0.29) is 22.6 Å². The Bertz CT molecular complexity index is 664. The molecule has 0 spiro atoms. The van der Waals surface area contributed by atoms with Crippen molar-refractivity contribution in [2.45, 2.75) is 24.8 Å². The summed E-state index contributed by atoms with van der Waals surface area (Å²) in [6.45, 7) is 4.00. The molecule has 0 fully saturated rings. The van der Waals surface area contributed by atoms with E-state index < -0.39 is 9.84 Å². The summed E-state index contributed by atoms with van der Waals surface area (Å²) in [5, 5.41) is 4.37. The van der Waals surface area contributed by atoms with Crippen LogP contribution in [0.5, 0.6) is 0 Å². The summed E-state index contributed by atoms with van der Waals surface area (Å²) in [5.74, 6) is 0.160. The van der Waals surface area contributed by atoms with E-state index in [2.05, 4.69) is 10.1 Å². The third kappa shape index (κ3) is 2.35. The van der Waals surface area contributed by atoms with Crippen LogP contribution in [0.4, 0.5) is 0 Å². The van der Waals surface area contributed by atoms with E-state index in [1.807, 2.05) is 13.8 Å². The normalized spacial score (nSPS) is 12.4. The van der Waals surface area contributed by atoms with Crippen LogP contribution < -0.4 is 0 Å². The number of sulfone groups is 1. The first-order valence-corrected chi connectivity index (χ1v) is 7.77. The van der Waals surface area contributed by atoms with Crippen molar-refractivity contribution >= 4 is 27.0 Å². The van der Waals surface area contributed by atoms with Gasteiger partial charge in [0.2, 0.25) is 0 Å². The van der Waals surface area contributed by atoms with Crippen LogP contribution in [0, 0.1) is 0 Å². The van der Waals surface area contributed by atoms with Crippen LogP contribution in [-0.2, 0) is 9.84 Å². The van der Waals surface area contributed by atoms with Crippen LogP contribution in [0.25, 0.3) is 5.52 Å². The van der Waals surface area contributed by atoms with E-state index in [1.54, 1.807) is 16.8 Å². The molecular weight excluding hydrogens is 274 g/mol. The molecule has 0 N–H and O–H groups in total. The molecule has 0 radical (unpaired) electrons. The molecule has 0 bridgehead atoms. The van der Waals surface area contributed by atoms with Crippen molar-refractivity contribution in [1.82, 2.24) is 14.6 Å². The molecule has 5 nitrogen and oxygen atoms in total. The fraction of sp³-hybridized carbons (Fsp3) is 0.455. The summed E-state index contributed by atoms with van der Waals surface area (Å²) in [7, 11) is -3.45. The minimum absolute atomic E-state index is 0.0463. The van der Waals surface area contributed by atoms with E-state index in [0.717, 1.165) is 5.69 Å². The Balaban J connectivity index is 2.65. The molecule has 18 heavy (non-hydrogen) atoms. The molecule has 0 aromatic carbocycles. The monoisotopic (exact) mass is 287 g/mol. The fourth-order valence-corrected chi connectivity index (χ4v) is 3.34. The lowest BCUT2D eigenvalue weighted by molar-refractivity contribution is 0.594. The van der Waals surface area contributed by atoms with Crippen LogP contribution in [0.1, 0.15) is 25.5 Å². The van der Waals surface area contributed by atoms with Crippen LogP contribution in [0.15, 0.2) is 23.5 Å². The zero-order valence-corrected chi connectivity index (χ0v) is 11.7. The maximum atomic E-state index is 12.0. The lowest BCUT2D eigenvalue weighted by Crippen LogP contribution is -2.11. The van der Waals surface area contributed by atoms with Gasteiger partial charge in [0.25, 0.3) is 0 Å². The van der Waals surface area contributed by atoms with Gasteiger partial charge in [0.1, 0.15) is 5.52 Å². The van der Waals surface area contributed by atoms with Gasteiger partial charge in [0, 0.05) is 18.3 Å². The van der Waals surface area contributed by atoms with Crippen molar-refractivity contribution in [1.29, 1.82) is 0 Å². The van der Waals surface area contributed by atoms with Crippen molar-refractivity contribution in [3.05, 3.63) is 24.2 Å². The second-order valence-electron chi connectivity index (χ2n) is 4.29. The highest BCUT2D eigenvalue weighted by Crippen LogP contribution is 2.20. The van der Waals surface area contributed by atoms with Gasteiger partial charge in [-0.3, -0.25) is 0 Å². The largest absolute Gasteiger partial charge is 0.241 e. The van der Waals surface area contributed by atoms with E-state index in [9.17, 15) is 8.42 Å². The molecule has 0 saturated carbocycles. The molecule has 2 rings (SSSR count). The predicted molar refractivity (Wildman–Crippen MR) is 69.8 cm³/mol. The van der Waals surface area contributed by atoms with Gasteiger partial charge in [-0.05, 0) is 12.0 Å². The zero-order valence-electron chi connectivity index (χ0n) is 10.2. The Morgan fingerprint density at radius 3 is 2.78 bits per heavy atom. The molecule has 0 atom stereocenters. The number of aromatic nitrogens is 3. The van der Waals surface area contributed by atoms with E-state index in [4.69, 9.17) is 11.6 Å². The Morgan fingerprint density at radius 1 is 1.44 bits per heavy atom. The van der Waals surface area contributed by atoms with Crippen molar-refractivity contribution in [3.63, 3.8) is 0 Å². The fourth-order valence-electron chi connectivity index (χ4n) is 1.64. The van der Waals surface area contributed by atoms with Crippen molar-refractivity contribution < 1.29 is 8.42 Å². The van der Waals surface area contributed by atoms with E-state index in [1.165, 1.54) is 6.20 Å². The standard InChI is InChI=1S/C11H14ClN3O2S/c1-8(2)9-7-10-11(18(16,17)6-3-12)13-4-5-15(10)14-9/h4-5,7-8H,3,6H2,1-2H3. The molecule has 2 aromatic rings. The zero-order chi connectivity index (χ0) is 13.3. The second kappa shape index (κ2) is 4.85. The van der Waals surface area contributed by atoms with Crippen molar-refractivity contribution in [2.24, 2.45) is 0 Å². The van der Waals surface area contributed by atoms with Gasteiger partial charge in [0.05, 0.1) is 11.4 Å². The van der Waals surface area contributed by atoms with Crippen molar-refractivity contribution in [2.75, 3.05) is 11.6 Å². The Labute approximate surface area is 111 Å². The van der Waals surface area contributed by atoms with Gasteiger partial charge >= 0.3 is 0 Å². The Hall–Kier alpha value is -1.14. The predicted octanol–water partition coefficient (Wildman–Crippen LogP) is 1.87. The number of fused-ring (bicyclic) bond motifs is 1. The number of rotatable bonds is 4. The van der Waals surface area contributed by atoms with Gasteiger partial charge in [-0.15, -0.1) is 11.6 Å². The highest BCUT2D eigenvalue weighted by Gasteiger charge is 2.20. The highest BCUT2D eigenvalue weighted by atomic mass is 35.5. The van der Waals surface area contributed by atoms with Gasteiger partial charge in [-0.1, -0.05) is 13.8 Å². The molecule has 0 unspecified atom stereocenters. The number of halogens is 1. The minimum Gasteiger partial charge on any atom is -0.241 e. The summed E-state index contributed by atoms with van der Waals surface area (Å²) in [5.41, 5.74) is 1.34.